The molecule has 2 heterocycles. The quantitative estimate of drug-likeness (QED) is 0.787. The van der Waals surface area contributed by atoms with E-state index >= 15 is 0 Å². The SMILES string of the molecule is CC1CCN(C2CCN(CC(N)=O)CC2)CC1. The molecule has 0 bridgehead atoms. The Kier molecular flexibility index (Phi) is 4.40. The number of nitrogens with zero attached hydrogens (tertiary/aromatic N) is 2. The van der Waals surface area contributed by atoms with Gasteiger partial charge in [0.25, 0.3) is 0 Å². The van der Waals surface area contributed by atoms with E-state index in [1.54, 1.807) is 0 Å². The van der Waals surface area contributed by atoms with Gasteiger partial charge in [-0.25, -0.2) is 0 Å². The van der Waals surface area contributed by atoms with Gasteiger partial charge in [-0.2, -0.15) is 0 Å². The monoisotopic (exact) mass is 239 g/mol. The first-order valence-corrected chi connectivity index (χ1v) is 6.90. The summed E-state index contributed by atoms with van der Waals surface area (Å²) in [5.41, 5.74) is 5.22. The third-order valence-electron chi connectivity index (χ3n) is 4.27. The van der Waals surface area contributed by atoms with E-state index in [4.69, 9.17) is 5.73 Å². The van der Waals surface area contributed by atoms with Crippen LogP contribution in [0.4, 0.5) is 0 Å². The molecular weight excluding hydrogens is 214 g/mol. The largest absolute Gasteiger partial charge is 0.369 e. The molecule has 4 nitrogen and oxygen atoms in total. The number of hydrogen-bond acceptors (Lipinski definition) is 3. The molecule has 0 unspecified atom stereocenters. The number of rotatable bonds is 3. The first-order chi connectivity index (χ1) is 8.15. The number of piperidine rings is 2. The van der Waals surface area contributed by atoms with Crippen molar-refractivity contribution in [2.45, 2.75) is 38.6 Å². The Hall–Kier alpha value is -0.610. The molecule has 0 saturated carbocycles. The number of carbonyl (C=O) groups is 1. The number of primary amides is 1. The van der Waals surface area contributed by atoms with E-state index in [9.17, 15) is 4.79 Å². The van der Waals surface area contributed by atoms with Gasteiger partial charge in [-0.3, -0.25) is 9.69 Å². The van der Waals surface area contributed by atoms with Crippen molar-refractivity contribution in [3.63, 3.8) is 0 Å². The van der Waals surface area contributed by atoms with Crippen molar-refractivity contribution in [1.82, 2.24) is 9.80 Å². The second-order valence-corrected chi connectivity index (χ2v) is 5.69. The molecule has 2 N–H and O–H groups in total. The average Bonchev–Trinajstić information content (AvgIpc) is 2.30. The Morgan fingerprint density at radius 2 is 1.71 bits per heavy atom. The van der Waals surface area contributed by atoms with Crippen molar-refractivity contribution in [2.75, 3.05) is 32.7 Å². The summed E-state index contributed by atoms with van der Waals surface area (Å²) in [6, 6.07) is 0.742. The second kappa shape index (κ2) is 5.83. The number of amides is 1. The summed E-state index contributed by atoms with van der Waals surface area (Å²) < 4.78 is 0. The lowest BCUT2D eigenvalue weighted by molar-refractivity contribution is -0.119. The molecule has 2 aliphatic heterocycles. The van der Waals surface area contributed by atoms with Crippen LogP contribution in [0.5, 0.6) is 0 Å². The van der Waals surface area contributed by atoms with E-state index in [0.29, 0.717) is 6.54 Å². The Labute approximate surface area is 104 Å². The zero-order valence-corrected chi connectivity index (χ0v) is 10.9. The van der Waals surface area contributed by atoms with E-state index in [1.807, 2.05) is 0 Å². The summed E-state index contributed by atoms with van der Waals surface area (Å²) in [6.07, 6.45) is 5.09. The summed E-state index contributed by atoms with van der Waals surface area (Å²) in [7, 11) is 0. The maximum Gasteiger partial charge on any atom is 0.231 e. The minimum Gasteiger partial charge on any atom is -0.369 e. The lowest BCUT2D eigenvalue weighted by Gasteiger charge is -2.41. The van der Waals surface area contributed by atoms with Crippen LogP contribution < -0.4 is 5.73 Å². The van der Waals surface area contributed by atoms with Crippen molar-refractivity contribution in [3.05, 3.63) is 0 Å². The number of likely N-dealkylation sites (tertiary alicyclic amines) is 2. The van der Waals surface area contributed by atoms with E-state index in [-0.39, 0.29) is 5.91 Å². The van der Waals surface area contributed by atoms with Crippen molar-refractivity contribution in [1.29, 1.82) is 0 Å². The highest BCUT2D eigenvalue weighted by molar-refractivity contribution is 5.75. The third-order valence-corrected chi connectivity index (χ3v) is 4.27. The summed E-state index contributed by atoms with van der Waals surface area (Å²) in [4.78, 5) is 15.7. The fraction of sp³-hybridized carbons (Fsp3) is 0.923. The molecule has 2 aliphatic rings. The standard InChI is InChI=1S/C13H25N3O/c1-11-2-8-16(9-3-11)12-4-6-15(7-5-12)10-13(14)17/h11-12H,2-10H2,1H3,(H2,14,17). The van der Waals surface area contributed by atoms with Gasteiger partial charge in [0, 0.05) is 19.1 Å². The maximum absolute atomic E-state index is 10.9. The van der Waals surface area contributed by atoms with Gasteiger partial charge in [0.2, 0.25) is 5.91 Å². The molecule has 0 aromatic heterocycles. The summed E-state index contributed by atoms with van der Waals surface area (Å²) >= 11 is 0. The Morgan fingerprint density at radius 3 is 2.24 bits per heavy atom. The molecule has 2 saturated heterocycles. The van der Waals surface area contributed by atoms with Crippen LogP contribution in [0, 0.1) is 5.92 Å². The predicted molar refractivity (Wildman–Crippen MR) is 68.6 cm³/mol. The first-order valence-electron chi connectivity index (χ1n) is 6.90. The second-order valence-electron chi connectivity index (χ2n) is 5.69. The summed E-state index contributed by atoms with van der Waals surface area (Å²) in [6.45, 7) is 7.37. The first kappa shape index (κ1) is 12.8. The van der Waals surface area contributed by atoms with Gasteiger partial charge in [-0.1, -0.05) is 6.92 Å². The Bertz CT molecular complexity index is 253. The van der Waals surface area contributed by atoms with E-state index in [2.05, 4.69) is 16.7 Å². The molecule has 0 atom stereocenters. The molecular formula is C13H25N3O. The molecule has 2 fully saturated rings. The number of nitrogens with two attached hydrogens (primary N) is 1. The molecule has 0 aromatic rings. The lowest BCUT2D eigenvalue weighted by atomic mass is 9.95. The molecule has 0 spiro atoms. The zero-order valence-electron chi connectivity index (χ0n) is 10.9. The normalized spacial score (nSPS) is 26.2. The summed E-state index contributed by atoms with van der Waals surface area (Å²) in [5, 5.41) is 0. The third kappa shape index (κ3) is 3.68. The number of carbonyl (C=O) groups excluding carboxylic acids is 1. The van der Waals surface area contributed by atoms with Crippen molar-refractivity contribution >= 4 is 5.91 Å². The van der Waals surface area contributed by atoms with Crippen molar-refractivity contribution < 1.29 is 4.79 Å². The van der Waals surface area contributed by atoms with Crippen molar-refractivity contribution in [2.24, 2.45) is 11.7 Å². The van der Waals surface area contributed by atoms with Gasteiger partial charge < -0.3 is 10.6 Å². The molecule has 17 heavy (non-hydrogen) atoms. The van der Waals surface area contributed by atoms with Crippen LogP contribution in [0.1, 0.15) is 32.6 Å². The Balaban J connectivity index is 1.73. The maximum atomic E-state index is 10.9. The Morgan fingerprint density at radius 1 is 1.12 bits per heavy atom. The predicted octanol–water partition coefficient (Wildman–Crippen LogP) is 0.668. The minimum absolute atomic E-state index is 0.199. The smallest absolute Gasteiger partial charge is 0.231 e. The molecule has 1 amide bonds. The fourth-order valence-electron chi connectivity index (χ4n) is 3.06. The van der Waals surface area contributed by atoms with Gasteiger partial charge >= 0.3 is 0 Å². The highest BCUT2D eigenvalue weighted by atomic mass is 16.1. The minimum atomic E-state index is -0.199. The van der Waals surface area contributed by atoms with Crippen LogP contribution in [-0.2, 0) is 4.79 Å². The molecule has 98 valence electrons. The zero-order chi connectivity index (χ0) is 12.3. The van der Waals surface area contributed by atoms with E-state index in [1.165, 1.54) is 38.8 Å². The lowest BCUT2D eigenvalue weighted by Crippen LogP contribution is -2.48. The van der Waals surface area contributed by atoms with Crippen LogP contribution in [-0.4, -0.2) is 54.5 Å². The van der Waals surface area contributed by atoms with Gasteiger partial charge in [0.05, 0.1) is 6.54 Å². The highest BCUT2D eigenvalue weighted by Gasteiger charge is 2.27. The van der Waals surface area contributed by atoms with Crippen molar-refractivity contribution in [3.8, 4) is 0 Å². The van der Waals surface area contributed by atoms with Crippen LogP contribution in [0.25, 0.3) is 0 Å². The van der Waals surface area contributed by atoms with Gasteiger partial charge in [-0.15, -0.1) is 0 Å². The average molecular weight is 239 g/mol. The fourth-order valence-corrected chi connectivity index (χ4v) is 3.06. The highest BCUT2D eigenvalue weighted by Crippen LogP contribution is 2.23. The van der Waals surface area contributed by atoms with Crippen LogP contribution in [0.3, 0.4) is 0 Å². The van der Waals surface area contributed by atoms with Crippen LogP contribution in [0.15, 0.2) is 0 Å². The van der Waals surface area contributed by atoms with Crippen LogP contribution >= 0.6 is 0 Å². The van der Waals surface area contributed by atoms with E-state index in [0.717, 1.165) is 25.0 Å². The molecule has 2 rings (SSSR count). The summed E-state index contributed by atoms with van der Waals surface area (Å²) in [5.74, 6) is 0.705. The molecule has 4 heteroatoms. The molecule has 0 aromatic carbocycles. The topological polar surface area (TPSA) is 49.6 Å². The molecule has 0 aliphatic carbocycles. The van der Waals surface area contributed by atoms with Crippen LogP contribution in [0.2, 0.25) is 0 Å². The van der Waals surface area contributed by atoms with Gasteiger partial charge in [0.15, 0.2) is 0 Å². The molecule has 0 radical (unpaired) electrons. The van der Waals surface area contributed by atoms with Gasteiger partial charge in [-0.05, 0) is 44.7 Å². The number of hydrogen-bond donors (Lipinski definition) is 1. The van der Waals surface area contributed by atoms with Gasteiger partial charge in [0.1, 0.15) is 0 Å². The van der Waals surface area contributed by atoms with E-state index < -0.39 is 0 Å².